The van der Waals surface area contributed by atoms with E-state index in [1.165, 1.54) is 0 Å². The molecule has 0 bridgehead atoms. The number of carbonyl (C=O) groups is 1. The number of hydrogen-bond acceptors (Lipinski definition) is 2. The lowest BCUT2D eigenvalue weighted by atomic mass is 10.2. The lowest BCUT2D eigenvalue weighted by Gasteiger charge is -2.30. The van der Waals surface area contributed by atoms with E-state index in [-0.39, 0.29) is 6.03 Å². The van der Waals surface area contributed by atoms with Gasteiger partial charge in [-0.3, -0.25) is 0 Å². The van der Waals surface area contributed by atoms with Crippen LogP contribution in [-0.2, 0) is 0 Å². The molecule has 0 atom stereocenters. The summed E-state index contributed by atoms with van der Waals surface area (Å²) in [6.07, 6.45) is 2.16. The molecular formula is C10H21N3O. The van der Waals surface area contributed by atoms with Crippen molar-refractivity contribution in [2.24, 2.45) is 0 Å². The Balaban J connectivity index is 2.42. The SMILES string of the molecule is CN1CCCN(C(=O)N(C)C)CCC1. The average molecular weight is 199 g/mol. The van der Waals surface area contributed by atoms with Crippen molar-refractivity contribution in [2.75, 3.05) is 47.3 Å². The highest BCUT2D eigenvalue weighted by atomic mass is 16.2. The lowest BCUT2D eigenvalue weighted by molar-refractivity contribution is 0.157. The van der Waals surface area contributed by atoms with Crippen molar-refractivity contribution >= 4 is 6.03 Å². The number of hydrogen-bond donors (Lipinski definition) is 0. The molecule has 0 spiro atoms. The molecule has 1 fully saturated rings. The zero-order valence-corrected chi connectivity index (χ0v) is 9.49. The average Bonchev–Trinajstić information content (AvgIpc) is 2.10. The van der Waals surface area contributed by atoms with Gasteiger partial charge in [0.05, 0.1) is 0 Å². The van der Waals surface area contributed by atoms with Gasteiger partial charge in [0.15, 0.2) is 0 Å². The van der Waals surface area contributed by atoms with Crippen LogP contribution in [0.4, 0.5) is 4.79 Å². The first-order valence-electron chi connectivity index (χ1n) is 5.26. The Kier molecular flexibility index (Phi) is 4.20. The van der Waals surface area contributed by atoms with E-state index in [1.807, 2.05) is 19.0 Å². The Labute approximate surface area is 86.5 Å². The first-order chi connectivity index (χ1) is 6.61. The van der Waals surface area contributed by atoms with Crippen molar-refractivity contribution < 1.29 is 4.79 Å². The van der Waals surface area contributed by atoms with Gasteiger partial charge in [0, 0.05) is 27.2 Å². The van der Waals surface area contributed by atoms with Crippen LogP contribution in [0.5, 0.6) is 0 Å². The second-order valence-electron chi connectivity index (χ2n) is 4.17. The fourth-order valence-electron chi connectivity index (χ4n) is 1.76. The molecule has 82 valence electrons. The quantitative estimate of drug-likeness (QED) is 0.574. The van der Waals surface area contributed by atoms with Gasteiger partial charge in [0.2, 0.25) is 0 Å². The minimum atomic E-state index is 0.148. The summed E-state index contributed by atoms with van der Waals surface area (Å²) in [4.78, 5) is 17.6. The van der Waals surface area contributed by atoms with Crippen LogP contribution in [0, 0.1) is 0 Å². The van der Waals surface area contributed by atoms with Gasteiger partial charge in [-0.05, 0) is 33.0 Å². The maximum atomic E-state index is 11.7. The Morgan fingerprint density at radius 1 is 1.07 bits per heavy atom. The molecule has 0 aliphatic carbocycles. The molecule has 0 aromatic heterocycles. The van der Waals surface area contributed by atoms with E-state index in [0.29, 0.717) is 0 Å². The monoisotopic (exact) mass is 199 g/mol. The second kappa shape index (κ2) is 5.20. The summed E-state index contributed by atoms with van der Waals surface area (Å²) in [5.41, 5.74) is 0. The van der Waals surface area contributed by atoms with Crippen LogP contribution >= 0.6 is 0 Å². The summed E-state index contributed by atoms with van der Waals surface area (Å²) in [5.74, 6) is 0. The smallest absolute Gasteiger partial charge is 0.319 e. The predicted octanol–water partition coefficient (Wildman–Crippen LogP) is 0.696. The highest BCUT2D eigenvalue weighted by Crippen LogP contribution is 2.04. The maximum Gasteiger partial charge on any atom is 0.319 e. The first kappa shape index (κ1) is 11.3. The van der Waals surface area contributed by atoms with E-state index in [0.717, 1.165) is 39.0 Å². The largest absolute Gasteiger partial charge is 0.331 e. The highest BCUT2D eigenvalue weighted by Gasteiger charge is 2.16. The highest BCUT2D eigenvalue weighted by molar-refractivity contribution is 5.73. The summed E-state index contributed by atoms with van der Waals surface area (Å²) in [6.45, 7) is 3.97. The van der Waals surface area contributed by atoms with Crippen molar-refractivity contribution in [3.8, 4) is 0 Å². The van der Waals surface area contributed by atoms with Gasteiger partial charge in [-0.25, -0.2) is 4.79 Å². The third kappa shape index (κ3) is 3.18. The zero-order chi connectivity index (χ0) is 10.6. The predicted molar refractivity (Wildman–Crippen MR) is 57.4 cm³/mol. The molecule has 1 heterocycles. The number of amides is 2. The van der Waals surface area contributed by atoms with Crippen molar-refractivity contribution in [2.45, 2.75) is 12.8 Å². The third-order valence-electron chi connectivity index (χ3n) is 2.59. The van der Waals surface area contributed by atoms with Gasteiger partial charge in [-0.2, -0.15) is 0 Å². The van der Waals surface area contributed by atoms with E-state index in [4.69, 9.17) is 0 Å². The third-order valence-corrected chi connectivity index (χ3v) is 2.59. The van der Waals surface area contributed by atoms with Gasteiger partial charge in [0.1, 0.15) is 0 Å². The van der Waals surface area contributed by atoms with E-state index in [2.05, 4.69) is 11.9 Å². The van der Waals surface area contributed by atoms with Crippen LogP contribution in [0.25, 0.3) is 0 Å². The summed E-state index contributed by atoms with van der Waals surface area (Å²) >= 11 is 0. The number of urea groups is 1. The summed E-state index contributed by atoms with van der Waals surface area (Å²) in [7, 11) is 5.77. The molecule has 0 N–H and O–H groups in total. The van der Waals surface area contributed by atoms with Crippen molar-refractivity contribution in [1.29, 1.82) is 0 Å². The summed E-state index contributed by atoms with van der Waals surface area (Å²) < 4.78 is 0. The number of rotatable bonds is 0. The van der Waals surface area contributed by atoms with Crippen LogP contribution in [0.1, 0.15) is 12.8 Å². The first-order valence-corrected chi connectivity index (χ1v) is 5.26. The Morgan fingerprint density at radius 3 is 2.00 bits per heavy atom. The molecule has 2 amide bonds. The molecule has 14 heavy (non-hydrogen) atoms. The van der Waals surface area contributed by atoms with Gasteiger partial charge in [0.25, 0.3) is 0 Å². The summed E-state index contributed by atoms with van der Waals surface area (Å²) in [5, 5.41) is 0. The molecule has 1 aliphatic heterocycles. The van der Waals surface area contributed by atoms with Crippen molar-refractivity contribution in [3.63, 3.8) is 0 Å². The Hall–Kier alpha value is -0.770. The molecule has 1 rings (SSSR count). The van der Waals surface area contributed by atoms with Crippen LogP contribution in [-0.4, -0.2) is 68.1 Å². The summed E-state index contributed by atoms with van der Waals surface area (Å²) in [6, 6.07) is 0.148. The minimum absolute atomic E-state index is 0.148. The molecule has 0 unspecified atom stereocenters. The zero-order valence-electron chi connectivity index (χ0n) is 9.49. The molecule has 0 aromatic carbocycles. The molecule has 0 saturated carbocycles. The van der Waals surface area contributed by atoms with Crippen molar-refractivity contribution in [1.82, 2.24) is 14.7 Å². The lowest BCUT2D eigenvalue weighted by Crippen LogP contribution is -2.43. The normalized spacial score (nSPS) is 20.1. The Bertz CT molecular complexity index is 184. The molecular weight excluding hydrogens is 178 g/mol. The van der Waals surface area contributed by atoms with Gasteiger partial charge in [-0.1, -0.05) is 0 Å². The van der Waals surface area contributed by atoms with Crippen LogP contribution < -0.4 is 0 Å². The molecule has 0 aromatic rings. The van der Waals surface area contributed by atoms with Gasteiger partial charge < -0.3 is 14.7 Å². The van der Waals surface area contributed by atoms with E-state index >= 15 is 0 Å². The van der Waals surface area contributed by atoms with Crippen molar-refractivity contribution in [3.05, 3.63) is 0 Å². The van der Waals surface area contributed by atoms with Crippen LogP contribution in [0.3, 0.4) is 0 Å². The molecule has 1 saturated heterocycles. The standard InChI is InChI=1S/C10H21N3O/c1-11(2)10(14)13-8-4-6-12(3)7-5-9-13/h4-9H2,1-3H3. The fourth-order valence-corrected chi connectivity index (χ4v) is 1.76. The molecule has 4 nitrogen and oxygen atoms in total. The van der Waals surface area contributed by atoms with Crippen LogP contribution in [0.2, 0.25) is 0 Å². The molecule has 0 radical (unpaired) electrons. The van der Waals surface area contributed by atoms with Gasteiger partial charge >= 0.3 is 6.03 Å². The maximum absolute atomic E-state index is 11.7. The van der Waals surface area contributed by atoms with E-state index in [1.54, 1.807) is 4.90 Å². The second-order valence-corrected chi connectivity index (χ2v) is 4.17. The van der Waals surface area contributed by atoms with Gasteiger partial charge in [-0.15, -0.1) is 0 Å². The van der Waals surface area contributed by atoms with Crippen LogP contribution in [0.15, 0.2) is 0 Å². The molecule has 1 aliphatic rings. The number of nitrogens with zero attached hydrogens (tertiary/aromatic N) is 3. The number of carbonyl (C=O) groups excluding carboxylic acids is 1. The fraction of sp³-hybridized carbons (Fsp3) is 0.900. The van der Waals surface area contributed by atoms with E-state index < -0.39 is 0 Å². The topological polar surface area (TPSA) is 26.8 Å². The van der Waals surface area contributed by atoms with E-state index in [9.17, 15) is 4.79 Å². The Morgan fingerprint density at radius 2 is 1.57 bits per heavy atom. The molecule has 4 heteroatoms. The minimum Gasteiger partial charge on any atom is -0.331 e.